The molecule has 4 nitrogen and oxygen atoms in total. The van der Waals surface area contributed by atoms with E-state index in [1.54, 1.807) is 0 Å². The highest BCUT2D eigenvalue weighted by atomic mass is 79.9. The van der Waals surface area contributed by atoms with E-state index in [0.29, 0.717) is 31.7 Å². The fourth-order valence-corrected chi connectivity index (χ4v) is 3.89. The van der Waals surface area contributed by atoms with Gasteiger partial charge >= 0.3 is 0 Å². The van der Waals surface area contributed by atoms with Gasteiger partial charge in [0.2, 0.25) is 0 Å². The minimum absolute atomic E-state index is 0.321. The number of aliphatic hydroxyl groups excluding tert-OH is 1. The quantitative estimate of drug-likeness (QED) is 0.852. The predicted octanol–water partition coefficient (Wildman–Crippen LogP) is 2.72. The van der Waals surface area contributed by atoms with Gasteiger partial charge in [-0.15, -0.1) is 0 Å². The molecule has 0 saturated heterocycles. The van der Waals surface area contributed by atoms with Crippen LogP contribution < -0.4 is 14.8 Å². The molecule has 0 spiro atoms. The Morgan fingerprint density at radius 2 is 2.00 bits per heavy atom. The van der Waals surface area contributed by atoms with Crippen molar-refractivity contribution in [3.63, 3.8) is 0 Å². The van der Waals surface area contributed by atoms with Crippen LogP contribution in [0.1, 0.15) is 24.8 Å². The Morgan fingerprint density at radius 3 is 2.86 bits per heavy atom. The molecular weight excluding hydrogens is 334 g/mol. The van der Waals surface area contributed by atoms with Gasteiger partial charge in [0.25, 0.3) is 0 Å². The Balaban J connectivity index is 1.57. The average molecular weight is 356 g/mol. The number of hydrogen-bond donors (Lipinski definition) is 2. The zero-order valence-corrected chi connectivity index (χ0v) is 13.7. The summed E-state index contributed by atoms with van der Waals surface area (Å²) in [6.07, 6.45) is 3.63. The van der Waals surface area contributed by atoms with Crippen molar-refractivity contribution in [2.75, 3.05) is 26.4 Å². The van der Waals surface area contributed by atoms with Crippen molar-refractivity contribution in [3.05, 3.63) is 22.2 Å². The van der Waals surface area contributed by atoms with Gasteiger partial charge in [0.05, 0.1) is 4.47 Å². The summed E-state index contributed by atoms with van der Waals surface area (Å²) >= 11 is 3.55. The van der Waals surface area contributed by atoms with Crippen molar-refractivity contribution < 1.29 is 14.6 Å². The largest absolute Gasteiger partial charge is 0.486 e. The molecule has 0 aromatic heterocycles. The molecule has 1 heterocycles. The van der Waals surface area contributed by atoms with Gasteiger partial charge in [0.1, 0.15) is 13.2 Å². The van der Waals surface area contributed by atoms with Crippen LogP contribution in [0.5, 0.6) is 11.5 Å². The lowest BCUT2D eigenvalue weighted by atomic mass is 9.97. The van der Waals surface area contributed by atoms with Gasteiger partial charge in [-0.05, 0) is 64.8 Å². The molecule has 1 fully saturated rings. The molecule has 21 heavy (non-hydrogen) atoms. The number of aliphatic hydroxyl groups is 1. The summed E-state index contributed by atoms with van der Waals surface area (Å²) < 4.78 is 12.2. The third-order valence-electron chi connectivity index (χ3n) is 4.44. The fourth-order valence-electron chi connectivity index (χ4n) is 3.29. The lowest BCUT2D eigenvalue weighted by Gasteiger charge is -2.21. The molecule has 3 rings (SSSR count). The van der Waals surface area contributed by atoms with Gasteiger partial charge in [-0.3, -0.25) is 0 Å². The molecule has 2 N–H and O–H groups in total. The first kappa shape index (κ1) is 15.1. The lowest BCUT2D eigenvalue weighted by molar-refractivity contribution is 0.170. The Hall–Kier alpha value is -0.780. The van der Waals surface area contributed by atoms with Crippen LogP contribution in [0.2, 0.25) is 0 Å². The highest BCUT2D eigenvalue weighted by molar-refractivity contribution is 9.10. The summed E-state index contributed by atoms with van der Waals surface area (Å²) in [5.74, 6) is 2.71. The molecule has 1 aromatic rings. The van der Waals surface area contributed by atoms with E-state index in [1.807, 2.05) is 6.07 Å². The van der Waals surface area contributed by atoms with Gasteiger partial charge in [-0.1, -0.05) is 6.42 Å². The van der Waals surface area contributed by atoms with Crippen LogP contribution in [0.3, 0.4) is 0 Å². The van der Waals surface area contributed by atoms with E-state index in [0.717, 1.165) is 29.1 Å². The van der Waals surface area contributed by atoms with Crippen LogP contribution in [-0.2, 0) is 6.54 Å². The van der Waals surface area contributed by atoms with Gasteiger partial charge in [0.15, 0.2) is 11.5 Å². The second-order valence-corrected chi connectivity index (χ2v) is 6.72. The molecule has 1 aliphatic carbocycles. The van der Waals surface area contributed by atoms with Gasteiger partial charge in [-0.25, -0.2) is 0 Å². The van der Waals surface area contributed by atoms with Crippen LogP contribution in [0, 0.1) is 11.8 Å². The average Bonchev–Trinajstić information content (AvgIpc) is 2.95. The highest BCUT2D eigenvalue weighted by Crippen LogP contribution is 2.38. The maximum absolute atomic E-state index is 9.36. The van der Waals surface area contributed by atoms with E-state index in [9.17, 15) is 5.11 Å². The predicted molar refractivity (Wildman–Crippen MR) is 84.8 cm³/mol. The maximum Gasteiger partial charge on any atom is 0.175 e. The topological polar surface area (TPSA) is 50.7 Å². The maximum atomic E-state index is 9.36. The SMILES string of the molecule is OCC1CCCC1CNCc1cc(Br)c2c(c1)OCCO2. The van der Waals surface area contributed by atoms with Crippen LogP contribution in [0.15, 0.2) is 16.6 Å². The van der Waals surface area contributed by atoms with Gasteiger partial charge < -0.3 is 19.9 Å². The van der Waals surface area contributed by atoms with E-state index in [1.165, 1.54) is 24.8 Å². The Kier molecular flexibility index (Phi) is 5.03. The summed E-state index contributed by atoms with van der Waals surface area (Å²) in [6, 6.07) is 4.13. The molecule has 2 aliphatic rings. The highest BCUT2D eigenvalue weighted by Gasteiger charge is 2.26. The van der Waals surface area contributed by atoms with Crippen molar-refractivity contribution in [1.82, 2.24) is 5.32 Å². The number of hydrogen-bond acceptors (Lipinski definition) is 4. The number of nitrogens with one attached hydrogen (secondary N) is 1. The van der Waals surface area contributed by atoms with Crippen LogP contribution >= 0.6 is 15.9 Å². The zero-order valence-electron chi connectivity index (χ0n) is 12.1. The molecule has 1 aliphatic heterocycles. The first-order chi connectivity index (χ1) is 10.3. The van der Waals surface area contributed by atoms with Crippen molar-refractivity contribution in [2.45, 2.75) is 25.8 Å². The molecule has 1 aromatic carbocycles. The molecule has 116 valence electrons. The van der Waals surface area contributed by atoms with Gasteiger partial charge in [-0.2, -0.15) is 0 Å². The molecular formula is C16H22BrNO3. The van der Waals surface area contributed by atoms with E-state index < -0.39 is 0 Å². The zero-order chi connectivity index (χ0) is 14.7. The van der Waals surface area contributed by atoms with E-state index >= 15 is 0 Å². The molecule has 5 heteroatoms. The number of ether oxygens (including phenoxy) is 2. The number of fused-ring (bicyclic) bond motifs is 1. The minimum atomic E-state index is 0.321. The van der Waals surface area contributed by atoms with Crippen molar-refractivity contribution in [2.24, 2.45) is 11.8 Å². The number of halogens is 1. The van der Waals surface area contributed by atoms with Crippen LogP contribution in [0.25, 0.3) is 0 Å². The summed E-state index contributed by atoms with van der Waals surface area (Å²) in [5, 5.41) is 12.9. The second kappa shape index (κ2) is 6.99. The summed E-state index contributed by atoms with van der Waals surface area (Å²) in [4.78, 5) is 0. The van der Waals surface area contributed by atoms with Crippen molar-refractivity contribution in [3.8, 4) is 11.5 Å². The monoisotopic (exact) mass is 355 g/mol. The van der Waals surface area contributed by atoms with E-state index in [2.05, 4.69) is 27.3 Å². The summed E-state index contributed by atoms with van der Waals surface area (Å²) in [6.45, 7) is 3.31. The second-order valence-electron chi connectivity index (χ2n) is 5.87. The number of rotatable bonds is 5. The first-order valence-electron chi connectivity index (χ1n) is 7.67. The molecule has 0 amide bonds. The minimum Gasteiger partial charge on any atom is -0.486 e. The summed E-state index contributed by atoms with van der Waals surface area (Å²) in [5.41, 5.74) is 1.18. The smallest absolute Gasteiger partial charge is 0.175 e. The Labute approximate surface area is 134 Å². The van der Waals surface area contributed by atoms with Crippen LogP contribution in [-0.4, -0.2) is 31.5 Å². The lowest BCUT2D eigenvalue weighted by Crippen LogP contribution is -2.26. The fraction of sp³-hybridized carbons (Fsp3) is 0.625. The molecule has 2 atom stereocenters. The first-order valence-corrected chi connectivity index (χ1v) is 8.47. The van der Waals surface area contributed by atoms with Gasteiger partial charge in [0, 0.05) is 13.2 Å². The molecule has 0 bridgehead atoms. The van der Waals surface area contributed by atoms with E-state index in [-0.39, 0.29) is 0 Å². The van der Waals surface area contributed by atoms with E-state index in [4.69, 9.17) is 9.47 Å². The third-order valence-corrected chi connectivity index (χ3v) is 5.03. The number of benzene rings is 1. The van der Waals surface area contributed by atoms with Crippen molar-refractivity contribution >= 4 is 15.9 Å². The third kappa shape index (κ3) is 3.52. The summed E-state index contributed by atoms with van der Waals surface area (Å²) in [7, 11) is 0. The standard InChI is InChI=1S/C16H22BrNO3/c17-14-6-11(7-15-16(14)21-5-4-20-15)8-18-9-12-2-1-3-13(12)10-19/h6-7,12-13,18-19H,1-5,8-10H2. The molecule has 0 radical (unpaired) electrons. The normalized spacial score (nSPS) is 24.3. The Bertz CT molecular complexity index is 495. The van der Waals surface area contributed by atoms with Crippen LogP contribution in [0.4, 0.5) is 0 Å². The Morgan fingerprint density at radius 1 is 1.19 bits per heavy atom. The van der Waals surface area contributed by atoms with Crippen molar-refractivity contribution in [1.29, 1.82) is 0 Å². The molecule has 2 unspecified atom stereocenters. The molecule has 1 saturated carbocycles.